The van der Waals surface area contributed by atoms with E-state index in [1.165, 1.54) is 0 Å². The van der Waals surface area contributed by atoms with Crippen LogP contribution >= 0.6 is 0 Å². The Balaban J connectivity index is 4.32. The standard InChI is InChI=1S/C11H28O4Si2/c1-11(2,3)16(7,8)15-9-10-17(12-4,13-5)14-6/h9-10H2,1-8H3. The third-order valence-electron chi connectivity index (χ3n) is 3.61. The molecule has 17 heavy (non-hydrogen) atoms. The van der Waals surface area contributed by atoms with E-state index in [9.17, 15) is 0 Å². The zero-order chi connectivity index (χ0) is 13.7. The first-order chi connectivity index (χ1) is 7.64. The van der Waals surface area contributed by atoms with Crippen LogP contribution in [-0.2, 0) is 17.7 Å². The van der Waals surface area contributed by atoms with Gasteiger partial charge in [0.25, 0.3) is 0 Å². The molecule has 0 aliphatic carbocycles. The van der Waals surface area contributed by atoms with Crippen molar-refractivity contribution in [3.63, 3.8) is 0 Å². The largest absolute Gasteiger partial charge is 0.502 e. The molecule has 0 spiro atoms. The zero-order valence-electron chi connectivity index (χ0n) is 12.5. The second kappa shape index (κ2) is 6.44. The van der Waals surface area contributed by atoms with Gasteiger partial charge in [-0.25, -0.2) is 0 Å². The lowest BCUT2D eigenvalue weighted by Gasteiger charge is -2.36. The van der Waals surface area contributed by atoms with Gasteiger partial charge >= 0.3 is 8.80 Å². The third kappa shape index (κ3) is 4.80. The first kappa shape index (κ1) is 17.3. The molecule has 0 atom stereocenters. The molecule has 0 aromatic heterocycles. The van der Waals surface area contributed by atoms with Crippen molar-refractivity contribution in [1.82, 2.24) is 0 Å². The minimum Gasteiger partial charge on any atom is -0.417 e. The SMILES string of the molecule is CO[Si](CCO[Si](C)(C)C(C)(C)C)(OC)OC. The van der Waals surface area contributed by atoms with E-state index in [-0.39, 0.29) is 5.04 Å². The third-order valence-corrected chi connectivity index (χ3v) is 10.8. The molecule has 0 unspecified atom stereocenters. The highest BCUT2D eigenvalue weighted by atomic mass is 28.4. The van der Waals surface area contributed by atoms with E-state index >= 15 is 0 Å². The Morgan fingerprint density at radius 2 is 1.29 bits per heavy atom. The summed E-state index contributed by atoms with van der Waals surface area (Å²) in [5.74, 6) is 0. The highest BCUT2D eigenvalue weighted by molar-refractivity contribution is 6.74. The van der Waals surface area contributed by atoms with Gasteiger partial charge in [0.15, 0.2) is 8.32 Å². The molecule has 0 heterocycles. The first-order valence-corrected chi connectivity index (χ1v) is 10.8. The van der Waals surface area contributed by atoms with Gasteiger partial charge in [0.05, 0.1) is 0 Å². The van der Waals surface area contributed by atoms with Crippen molar-refractivity contribution in [2.24, 2.45) is 0 Å². The summed E-state index contributed by atoms with van der Waals surface area (Å²) in [6.45, 7) is 11.8. The van der Waals surface area contributed by atoms with E-state index in [2.05, 4.69) is 33.9 Å². The van der Waals surface area contributed by atoms with Crippen LogP contribution in [0.3, 0.4) is 0 Å². The van der Waals surface area contributed by atoms with Crippen LogP contribution in [0.4, 0.5) is 0 Å². The molecule has 0 aliphatic rings. The lowest BCUT2D eigenvalue weighted by atomic mass is 10.2. The molecule has 0 amide bonds. The first-order valence-electron chi connectivity index (χ1n) is 5.93. The van der Waals surface area contributed by atoms with Crippen LogP contribution < -0.4 is 0 Å². The number of rotatable bonds is 7. The average molecular weight is 281 g/mol. The van der Waals surface area contributed by atoms with E-state index in [0.717, 1.165) is 0 Å². The van der Waals surface area contributed by atoms with Gasteiger partial charge in [-0.3, -0.25) is 0 Å². The fourth-order valence-corrected chi connectivity index (χ4v) is 3.92. The van der Waals surface area contributed by atoms with Crippen molar-refractivity contribution in [2.45, 2.75) is 44.9 Å². The normalized spacial score (nSPS) is 14.1. The van der Waals surface area contributed by atoms with E-state index in [1.54, 1.807) is 21.3 Å². The Morgan fingerprint density at radius 3 is 1.59 bits per heavy atom. The van der Waals surface area contributed by atoms with Crippen LogP contribution in [0.2, 0.25) is 24.2 Å². The molecule has 0 radical (unpaired) electrons. The van der Waals surface area contributed by atoms with E-state index in [4.69, 9.17) is 17.7 Å². The van der Waals surface area contributed by atoms with Crippen LogP contribution in [0.15, 0.2) is 0 Å². The molecule has 0 aromatic carbocycles. The van der Waals surface area contributed by atoms with Crippen LogP contribution in [0.5, 0.6) is 0 Å². The maximum Gasteiger partial charge on any atom is 0.502 e. The molecule has 0 rings (SSSR count). The van der Waals surface area contributed by atoms with Gasteiger partial charge in [-0.15, -0.1) is 0 Å². The van der Waals surface area contributed by atoms with Crippen LogP contribution in [0.25, 0.3) is 0 Å². The summed E-state index contributed by atoms with van der Waals surface area (Å²) in [4.78, 5) is 0. The van der Waals surface area contributed by atoms with Crippen LogP contribution in [0.1, 0.15) is 20.8 Å². The van der Waals surface area contributed by atoms with Crippen molar-refractivity contribution in [3.05, 3.63) is 0 Å². The van der Waals surface area contributed by atoms with E-state index < -0.39 is 17.1 Å². The fourth-order valence-electron chi connectivity index (χ4n) is 1.20. The maximum absolute atomic E-state index is 6.09. The summed E-state index contributed by atoms with van der Waals surface area (Å²) >= 11 is 0. The molecule has 0 saturated carbocycles. The molecule has 6 heteroatoms. The molecular weight excluding hydrogens is 252 g/mol. The summed E-state index contributed by atoms with van der Waals surface area (Å²) in [6.07, 6.45) is 0. The lowest BCUT2D eigenvalue weighted by molar-refractivity contribution is 0.116. The lowest BCUT2D eigenvalue weighted by Crippen LogP contribution is -2.46. The molecule has 0 bridgehead atoms. The van der Waals surface area contributed by atoms with Gasteiger partial charge in [-0.05, 0) is 18.1 Å². The monoisotopic (exact) mass is 280 g/mol. The smallest absolute Gasteiger partial charge is 0.417 e. The maximum atomic E-state index is 6.09. The highest BCUT2D eigenvalue weighted by Crippen LogP contribution is 2.36. The van der Waals surface area contributed by atoms with Gasteiger partial charge in [0.1, 0.15) is 0 Å². The summed E-state index contributed by atoms with van der Waals surface area (Å²) in [5.41, 5.74) is 0. The predicted octanol–water partition coefficient (Wildman–Crippen LogP) is 2.89. The average Bonchev–Trinajstić information content (AvgIpc) is 2.23. The Hall–Kier alpha value is 0.274. The van der Waals surface area contributed by atoms with Gasteiger partial charge < -0.3 is 17.7 Å². The quantitative estimate of drug-likeness (QED) is 0.672. The summed E-state index contributed by atoms with van der Waals surface area (Å²) in [7, 11) is 0.725. The highest BCUT2D eigenvalue weighted by Gasteiger charge is 2.41. The summed E-state index contributed by atoms with van der Waals surface area (Å²) in [5, 5.41) is 0.227. The van der Waals surface area contributed by atoms with Crippen molar-refractivity contribution in [3.8, 4) is 0 Å². The Kier molecular flexibility index (Phi) is 6.55. The Morgan fingerprint density at radius 1 is 0.882 bits per heavy atom. The van der Waals surface area contributed by atoms with Gasteiger partial charge in [-0.1, -0.05) is 20.8 Å². The van der Waals surface area contributed by atoms with Crippen LogP contribution in [0, 0.1) is 0 Å². The molecular formula is C11H28O4Si2. The fraction of sp³-hybridized carbons (Fsp3) is 1.00. The molecule has 0 N–H and O–H groups in total. The number of hydrogen-bond donors (Lipinski definition) is 0. The second-order valence-corrected chi connectivity index (χ2v) is 13.6. The molecule has 0 fully saturated rings. The van der Waals surface area contributed by atoms with E-state index in [0.29, 0.717) is 12.7 Å². The minimum absolute atomic E-state index is 0.227. The Labute approximate surface area is 108 Å². The topological polar surface area (TPSA) is 36.9 Å². The van der Waals surface area contributed by atoms with Gasteiger partial charge in [-0.2, -0.15) is 0 Å². The van der Waals surface area contributed by atoms with Crippen molar-refractivity contribution in [2.75, 3.05) is 27.9 Å². The predicted molar refractivity (Wildman–Crippen MR) is 74.7 cm³/mol. The summed E-state index contributed by atoms with van der Waals surface area (Å²) < 4.78 is 22.2. The van der Waals surface area contributed by atoms with Crippen molar-refractivity contribution in [1.29, 1.82) is 0 Å². The number of hydrogen-bond acceptors (Lipinski definition) is 4. The molecule has 104 valence electrons. The zero-order valence-corrected chi connectivity index (χ0v) is 14.5. The molecule has 0 saturated heterocycles. The van der Waals surface area contributed by atoms with E-state index in [1.807, 2.05) is 0 Å². The molecule has 0 aromatic rings. The van der Waals surface area contributed by atoms with Gasteiger partial charge in [0.2, 0.25) is 0 Å². The van der Waals surface area contributed by atoms with Crippen LogP contribution in [-0.4, -0.2) is 45.1 Å². The Bertz CT molecular complexity index is 212. The molecule has 4 nitrogen and oxygen atoms in total. The second-order valence-electron chi connectivity index (χ2n) is 5.65. The van der Waals surface area contributed by atoms with Gasteiger partial charge in [0, 0.05) is 34.0 Å². The van der Waals surface area contributed by atoms with Crippen molar-refractivity contribution < 1.29 is 17.7 Å². The minimum atomic E-state index is -2.48. The summed E-state index contributed by atoms with van der Waals surface area (Å²) in [6, 6.07) is 0.697. The van der Waals surface area contributed by atoms with Crippen molar-refractivity contribution >= 4 is 17.1 Å². The molecule has 0 aliphatic heterocycles.